The lowest BCUT2D eigenvalue weighted by Crippen LogP contribution is -2.13. The first kappa shape index (κ1) is 12.2. The predicted octanol–water partition coefficient (Wildman–Crippen LogP) is 0.870. The number of rotatable bonds is 6. The average molecular weight is 251 g/mol. The summed E-state index contributed by atoms with van der Waals surface area (Å²) in [5, 5.41) is 9.81. The largest absolute Gasteiger partial charge is 0.354 e. The molecule has 0 atom stereocenters. The fourth-order valence-electron chi connectivity index (χ4n) is 1.33. The average Bonchev–Trinajstić information content (AvgIpc) is 2.90. The van der Waals surface area contributed by atoms with Gasteiger partial charge in [0.25, 0.3) is 5.95 Å². The number of nitrogens with one attached hydrogen (secondary N) is 2. The van der Waals surface area contributed by atoms with E-state index in [9.17, 15) is 4.39 Å². The van der Waals surface area contributed by atoms with Crippen LogP contribution in [0.2, 0.25) is 0 Å². The predicted molar refractivity (Wildman–Crippen MR) is 65.6 cm³/mol. The Morgan fingerprint density at radius 1 is 1.22 bits per heavy atom. The number of hydrogen-bond donors (Lipinski definition) is 2. The first-order chi connectivity index (χ1) is 8.83. The minimum absolute atomic E-state index is 0.161. The van der Waals surface area contributed by atoms with E-state index in [1.54, 1.807) is 18.5 Å². The standard InChI is InChI=1S/C10H14FN7/c1-2-12-8-15-9(13-6-4-11)17-10(16-8)18-7-3-5-14-18/h3,5,7H,2,4,6H2,1H3,(H2,12,13,15,16,17). The van der Waals surface area contributed by atoms with Crippen LogP contribution in [0.25, 0.3) is 5.95 Å². The van der Waals surface area contributed by atoms with E-state index in [0.29, 0.717) is 24.4 Å². The van der Waals surface area contributed by atoms with E-state index in [1.807, 2.05) is 6.92 Å². The molecule has 2 aromatic heterocycles. The molecule has 0 aliphatic carbocycles. The highest BCUT2D eigenvalue weighted by atomic mass is 19.1. The molecule has 0 aliphatic rings. The third kappa shape index (κ3) is 2.90. The molecule has 2 rings (SSSR count). The van der Waals surface area contributed by atoms with Gasteiger partial charge in [-0.25, -0.2) is 9.07 Å². The molecule has 0 fully saturated rings. The lowest BCUT2D eigenvalue weighted by molar-refractivity contribution is 0.511. The summed E-state index contributed by atoms with van der Waals surface area (Å²) in [4.78, 5) is 12.5. The van der Waals surface area contributed by atoms with Crippen molar-refractivity contribution in [3.63, 3.8) is 0 Å². The first-order valence-electron chi connectivity index (χ1n) is 5.63. The van der Waals surface area contributed by atoms with Gasteiger partial charge in [0.05, 0.1) is 0 Å². The summed E-state index contributed by atoms with van der Waals surface area (Å²) in [5.74, 6) is 1.13. The van der Waals surface area contributed by atoms with Crippen molar-refractivity contribution in [2.45, 2.75) is 6.92 Å². The number of hydrogen-bond acceptors (Lipinski definition) is 6. The Balaban J connectivity index is 2.30. The van der Waals surface area contributed by atoms with Crippen molar-refractivity contribution in [1.29, 1.82) is 0 Å². The molecule has 0 aromatic carbocycles. The van der Waals surface area contributed by atoms with Gasteiger partial charge in [0.15, 0.2) is 0 Å². The van der Waals surface area contributed by atoms with Gasteiger partial charge in [-0.1, -0.05) is 0 Å². The van der Waals surface area contributed by atoms with Gasteiger partial charge >= 0.3 is 0 Å². The van der Waals surface area contributed by atoms with Gasteiger partial charge in [-0.15, -0.1) is 0 Å². The van der Waals surface area contributed by atoms with Crippen LogP contribution in [0, 0.1) is 0 Å². The molecule has 0 bridgehead atoms. The molecule has 2 aromatic rings. The molecule has 18 heavy (non-hydrogen) atoms. The van der Waals surface area contributed by atoms with Crippen LogP contribution in [-0.2, 0) is 0 Å². The summed E-state index contributed by atoms with van der Waals surface area (Å²) in [6, 6.07) is 1.77. The smallest absolute Gasteiger partial charge is 0.257 e. The lowest BCUT2D eigenvalue weighted by atomic mass is 10.7. The van der Waals surface area contributed by atoms with Gasteiger partial charge in [-0.3, -0.25) is 0 Å². The molecular weight excluding hydrogens is 237 g/mol. The van der Waals surface area contributed by atoms with Crippen LogP contribution in [0.1, 0.15) is 6.92 Å². The zero-order chi connectivity index (χ0) is 12.8. The number of nitrogens with zero attached hydrogens (tertiary/aromatic N) is 5. The first-order valence-corrected chi connectivity index (χ1v) is 5.63. The molecule has 8 heteroatoms. The fourth-order valence-corrected chi connectivity index (χ4v) is 1.33. The molecule has 2 heterocycles. The molecule has 0 aliphatic heterocycles. The Morgan fingerprint density at radius 3 is 2.61 bits per heavy atom. The Labute approximate surface area is 103 Å². The van der Waals surface area contributed by atoms with Crippen molar-refractivity contribution in [2.24, 2.45) is 0 Å². The van der Waals surface area contributed by atoms with E-state index in [2.05, 4.69) is 30.7 Å². The molecule has 0 saturated heterocycles. The SMILES string of the molecule is CCNc1nc(NCCF)nc(-n2cccn2)n1. The summed E-state index contributed by atoms with van der Waals surface area (Å²) in [7, 11) is 0. The van der Waals surface area contributed by atoms with Crippen LogP contribution in [0.15, 0.2) is 18.5 Å². The maximum Gasteiger partial charge on any atom is 0.257 e. The van der Waals surface area contributed by atoms with Crippen molar-refractivity contribution in [3.05, 3.63) is 18.5 Å². The molecule has 0 saturated carbocycles. The van der Waals surface area contributed by atoms with Crippen LogP contribution in [-0.4, -0.2) is 44.5 Å². The monoisotopic (exact) mass is 251 g/mol. The Morgan fingerprint density at radius 2 is 2.00 bits per heavy atom. The molecule has 7 nitrogen and oxygen atoms in total. The summed E-state index contributed by atoms with van der Waals surface area (Å²) < 4.78 is 13.7. The van der Waals surface area contributed by atoms with Gasteiger partial charge in [0.2, 0.25) is 11.9 Å². The molecule has 0 radical (unpaired) electrons. The van der Waals surface area contributed by atoms with Crippen LogP contribution >= 0.6 is 0 Å². The van der Waals surface area contributed by atoms with Crippen LogP contribution < -0.4 is 10.6 Å². The zero-order valence-electron chi connectivity index (χ0n) is 9.97. The van der Waals surface area contributed by atoms with E-state index < -0.39 is 6.67 Å². The number of aromatic nitrogens is 5. The van der Waals surface area contributed by atoms with Gasteiger partial charge in [-0.05, 0) is 13.0 Å². The van der Waals surface area contributed by atoms with Crippen molar-refractivity contribution >= 4 is 11.9 Å². The maximum absolute atomic E-state index is 12.1. The van der Waals surface area contributed by atoms with Gasteiger partial charge in [0, 0.05) is 25.5 Å². The Hall–Kier alpha value is -2.25. The number of anilines is 2. The normalized spacial score (nSPS) is 10.3. The Kier molecular flexibility index (Phi) is 4.00. The summed E-state index contributed by atoms with van der Waals surface area (Å²) >= 11 is 0. The molecule has 0 amide bonds. The Bertz CT molecular complexity index is 485. The second kappa shape index (κ2) is 5.89. The van der Waals surface area contributed by atoms with Gasteiger partial charge < -0.3 is 10.6 Å². The summed E-state index contributed by atoms with van der Waals surface area (Å²) in [6.07, 6.45) is 3.36. The summed E-state index contributed by atoms with van der Waals surface area (Å²) in [5.41, 5.74) is 0. The minimum Gasteiger partial charge on any atom is -0.354 e. The third-order valence-electron chi connectivity index (χ3n) is 2.05. The molecule has 0 spiro atoms. The van der Waals surface area contributed by atoms with Gasteiger partial charge in [0.1, 0.15) is 6.67 Å². The van der Waals surface area contributed by atoms with Crippen molar-refractivity contribution < 1.29 is 4.39 Å². The van der Waals surface area contributed by atoms with Crippen molar-refractivity contribution in [1.82, 2.24) is 24.7 Å². The highest BCUT2D eigenvalue weighted by Crippen LogP contribution is 2.08. The quantitative estimate of drug-likeness (QED) is 0.793. The van der Waals surface area contributed by atoms with E-state index in [0.717, 1.165) is 0 Å². The number of halogens is 1. The topological polar surface area (TPSA) is 80.5 Å². The second-order valence-electron chi connectivity index (χ2n) is 3.38. The van der Waals surface area contributed by atoms with Crippen LogP contribution in [0.4, 0.5) is 16.3 Å². The van der Waals surface area contributed by atoms with E-state index >= 15 is 0 Å². The van der Waals surface area contributed by atoms with Crippen LogP contribution in [0.5, 0.6) is 0 Å². The third-order valence-corrected chi connectivity index (χ3v) is 2.05. The van der Waals surface area contributed by atoms with Gasteiger partial charge in [-0.2, -0.15) is 20.1 Å². The maximum atomic E-state index is 12.1. The van der Waals surface area contributed by atoms with Crippen molar-refractivity contribution in [3.8, 4) is 5.95 Å². The molecule has 96 valence electrons. The molecule has 0 unspecified atom stereocenters. The molecule has 2 N–H and O–H groups in total. The van der Waals surface area contributed by atoms with E-state index in [-0.39, 0.29) is 6.54 Å². The minimum atomic E-state index is -0.487. The van der Waals surface area contributed by atoms with Crippen LogP contribution in [0.3, 0.4) is 0 Å². The highest BCUT2D eigenvalue weighted by molar-refractivity contribution is 5.37. The number of alkyl halides is 1. The van der Waals surface area contributed by atoms with E-state index in [4.69, 9.17) is 0 Å². The summed E-state index contributed by atoms with van der Waals surface area (Å²) in [6.45, 7) is 2.30. The second-order valence-corrected chi connectivity index (χ2v) is 3.38. The zero-order valence-corrected chi connectivity index (χ0v) is 9.97. The highest BCUT2D eigenvalue weighted by Gasteiger charge is 2.07. The fraction of sp³-hybridized carbons (Fsp3) is 0.400. The van der Waals surface area contributed by atoms with Crippen molar-refractivity contribution in [2.75, 3.05) is 30.4 Å². The lowest BCUT2D eigenvalue weighted by Gasteiger charge is -2.08. The van der Waals surface area contributed by atoms with E-state index in [1.165, 1.54) is 4.68 Å². The molecular formula is C10H14FN7.